The van der Waals surface area contributed by atoms with Gasteiger partial charge in [0.25, 0.3) is 0 Å². The third kappa shape index (κ3) is 4.26. The van der Waals surface area contributed by atoms with Crippen LogP contribution in [0.1, 0.15) is 17.5 Å². The molecular weight excluding hydrogens is 396 g/mol. The van der Waals surface area contributed by atoms with E-state index in [1.54, 1.807) is 13.2 Å². The number of nitrogens with one attached hydrogen (secondary N) is 1. The lowest BCUT2D eigenvalue weighted by molar-refractivity contribution is -0.113. The van der Waals surface area contributed by atoms with E-state index in [0.29, 0.717) is 17.5 Å². The number of aryl methyl sites for hydroxylation is 2. The maximum atomic E-state index is 12.5. The summed E-state index contributed by atoms with van der Waals surface area (Å²) in [5.74, 6) is 1.60. The maximum absolute atomic E-state index is 12.5. The molecule has 30 heavy (non-hydrogen) atoms. The van der Waals surface area contributed by atoms with Crippen molar-refractivity contribution in [2.24, 2.45) is 0 Å². The largest absolute Gasteiger partial charge is 0.496 e. The fourth-order valence-electron chi connectivity index (χ4n) is 3.69. The first kappa shape index (κ1) is 20.2. The Morgan fingerprint density at radius 2 is 2.07 bits per heavy atom. The Bertz CT molecular complexity index is 1080. The number of thioether (sulfide) groups is 1. The zero-order valence-corrected chi connectivity index (χ0v) is 17.7. The van der Waals surface area contributed by atoms with E-state index in [0.717, 1.165) is 29.8 Å². The highest BCUT2D eigenvalue weighted by atomic mass is 32.2. The number of carbonyl (C=O) groups excluding carboxylic acids is 1. The van der Waals surface area contributed by atoms with Crippen LogP contribution in [0.5, 0.6) is 5.75 Å². The molecule has 154 valence electrons. The Morgan fingerprint density at radius 1 is 1.23 bits per heavy atom. The van der Waals surface area contributed by atoms with Crippen molar-refractivity contribution in [1.29, 1.82) is 0 Å². The molecule has 3 aromatic rings. The first-order valence-corrected chi connectivity index (χ1v) is 10.9. The SMILES string of the molecule is C=CCn1c(SCC(=O)Nc2ccc3c(c2)CCC3)nnc1-c1ccccc1OC. The third-order valence-electron chi connectivity index (χ3n) is 5.09. The topological polar surface area (TPSA) is 69.0 Å². The fraction of sp³-hybridized carbons (Fsp3) is 0.261. The van der Waals surface area contributed by atoms with E-state index in [9.17, 15) is 4.79 Å². The lowest BCUT2D eigenvalue weighted by atomic mass is 10.1. The molecule has 2 aromatic carbocycles. The highest BCUT2D eigenvalue weighted by molar-refractivity contribution is 7.99. The van der Waals surface area contributed by atoms with Crippen molar-refractivity contribution < 1.29 is 9.53 Å². The summed E-state index contributed by atoms with van der Waals surface area (Å²) in [6.45, 7) is 4.37. The number of anilines is 1. The standard InChI is InChI=1S/C23H24N4O2S/c1-3-13-27-22(19-9-4-5-10-20(19)29-2)25-26-23(27)30-15-21(28)24-18-12-11-16-7-6-8-17(16)14-18/h3-5,9-12,14H,1,6-8,13,15H2,2H3,(H,24,28). The predicted molar refractivity (Wildman–Crippen MR) is 120 cm³/mol. The number of rotatable bonds is 8. The number of methoxy groups -OCH3 is 1. The Balaban J connectivity index is 1.47. The number of nitrogens with zero attached hydrogens (tertiary/aromatic N) is 3. The molecule has 0 aliphatic heterocycles. The van der Waals surface area contributed by atoms with Gasteiger partial charge < -0.3 is 10.1 Å². The number of ether oxygens (including phenoxy) is 1. The molecule has 1 aliphatic carbocycles. The molecule has 0 atom stereocenters. The minimum Gasteiger partial charge on any atom is -0.496 e. The van der Waals surface area contributed by atoms with Crippen LogP contribution in [-0.4, -0.2) is 33.5 Å². The van der Waals surface area contributed by atoms with Crippen LogP contribution in [0.3, 0.4) is 0 Å². The van der Waals surface area contributed by atoms with Gasteiger partial charge in [0.05, 0.1) is 18.4 Å². The van der Waals surface area contributed by atoms with Gasteiger partial charge in [-0.2, -0.15) is 0 Å². The Hall–Kier alpha value is -3.06. The summed E-state index contributed by atoms with van der Waals surface area (Å²) in [6.07, 6.45) is 5.20. The van der Waals surface area contributed by atoms with Crippen LogP contribution in [-0.2, 0) is 24.2 Å². The molecular formula is C23H24N4O2S. The molecule has 0 unspecified atom stereocenters. The molecule has 0 saturated heterocycles. The monoisotopic (exact) mass is 420 g/mol. The average molecular weight is 421 g/mol. The zero-order chi connectivity index (χ0) is 20.9. The Morgan fingerprint density at radius 3 is 2.90 bits per heavy atom. The van der Waals surface area contributed by atoms with E-state index in [2.05, 4.69) is 34.2 Å². The molecule has 0 saturated carbocycles. The van der Waals surface area contributed by atoms with Gasteiger partial charge >= 0.3 is 0 Å². The molecule has 6 nitrogen and oxygen atoms in total. The van der Waals surface area contributed by atoms with Crippen molar-refractivity contribution in [2.75, 3.05) is 18.2 Å². The van der Waals surface area contributed by atoms with E-state index >= 15 is 0 Å². The van der Waals surface area contributed by atoms with Crippen LogP contribution in [0, 0.1) is 0 Å². The van der Waals surface area contributed by atoms with Gasteiger partial charge in [-0.1, -0.05) is 36.0 Å². The summed E-state index contributed by atoms with van der Waals surface area (Å²) in [6, 6.07) is 13.9. The molecule has 1 N–H and O–H groups in total. The third-order valence-corrected chi connectivity index (χ3v) is 6.06. The molecule has 1 amide bonds. The lowest BCUT2D eigenvalue weighted by Gasteiger charge is -2.11. The summed E-state index contributed by atoms with van der Waals surface area (Å²) in [5, 5.41) is 12.3. The maximum Gasteiger partial charge on any atom is 0.234 e. The fourth-order valence-corrected chi connectivity index (χ4v) is 4.44. The van der Waals surface area contributed by atoms with Crippen LogP contribution >= 0.6 is 11.8 Å². The van der Waals surface area contributed by atoms with E-state index in [-0.39, 0.29) is 11.7 Å². The van der Waals surface area contributed by atoms with Gasteiger partial charge in [-0.25, -0.2) is 0 Å². The molecule has 1 aromatic heterocycles. The van der Waals surface area contributed by atoms with Crippen molar-refractivity contribution in [3.8, 4) is 17.1 Å². The highest BCUT2D eigenvalue weighted by Gasteiger charge is 2.18. The van der Waals surface area contributed by atoms with E-state index in [1.165, 1.54) is 29.3 Å². The molecule has 7 heteroatoms. The van der Waals surface area contributed by atoms with Gasteiger partial charge in [0, 0.05) is 12.2 Å². The van der Waals surface area contributed by atoms with Gasteiger partial charge in [0.2, 0.25) is 5.91 Å². The molecule has 1 heterocycles. The van der Waals surface area contributed by atoms with Crippen molar-refractivity contribution in [3.05, 3.63) is 66.2 Å². The average Bonchev–Trinajstić information content (AvgIpc) is 3.39. The minimum atomic E-state index is -0.0649. The minimum absolute atomic E-state index is 0.0649. The summed E-state index contributed by atoms with van der Waals surface area (Å²) in [7, 11) is 1.63. The predicted octanol–water partition coefficient (Wildman–Crippen LogP) is 4.36. The molecule has 1 aliphatic rings. The van der Waals surface area contributed by atoms with E-state index in [4.69, 9.17) is 4.74 Å². The summed E-state index contributed by atoms with van der Waals surface area (Å²) < 4.78 is 7.40. The van der Waals surface area contributed by atoms with Crippen molar-refractivity contribution in [2.45, 2.75) is 31.0 Å². The quantitative estimate of drug-likeness (QED) is 0.433. The van der Waals surface area contributed by atoms with E-state index in [1.807, 2.05) is 34.9 Å². The number of hydrogen-bond acceptors (Lipinski definition) is 5. The van der Waals surface area contributed by atoms with Gasteiger partial charge in [0.15, 0.2) is 11.0 Å². The van der Waals surface area contributed by atoms with Crippen LogP contribution in [0.25, 0.3) is 11.4 Å². The second-order valence-corrected chi connectivity index (χ2v) is 8.02. The smallest absolute Gasteiger partial charge is 0.234 e. The van der Waals surface area contributed by atoms with Crippen LogP contribution in [0.2, 0.25) is 0 Å². The van der Waals surface area contributed by atoms with Crippen LogP contribution in [0.4, 0.5) is 5.69 Å². The van der Waals surface area contributed by atoms with Crippen molar-refractivity contribution in [3.63, 3.8) is 0 Å². The first-order chi connectivity index (χ1) is 14.7. The second kappa shape index (κ2) is 9.17. The number of amides is 1. The van der Waals surface area contributed by atoms with Crippen molar-refractivity contribution in [1.82, 2.24) is 14.8 Å². The molecule has 0 fully saturated rings. The number of fused-ring (bicyclic) bond motifs is 1. The molecule has 4 rings (SSSR count). The summed E-state index contributed by atoms with van der Waals surface area (Å²) in [5.41, 5.74) is 4.43. The van der Waals surface area contributed by atoms with Gasteiger partial charge in [0.1, 0.15) is 5.75 Å². The molecule has 0 bridgehead atoms. The number of hydrogen-bond donors (Lipinski definition) is 1. The number of benzene rings is 2. The Kier molecular flexibility index (Phi) is 6.18. The lowest BCUT2D eigenvalue weighted by Crippen LogP contribution is -2.15. The number of allylic oxidation sites excluding steroid dienone is 1. The van der Waals surface area contributed by atoms with Crippen LogP contribution < -0.4 is 10.1 Å². The first-order valence-electron chi connectivity index (χ1n) is 9.91. The number of carbonyl (C=O) groups is 1. The van der Waals surface area contributed by atoms with Gasteiger partial charge in [-0.3, -0.25) is 9.36 Å². The highest BCUT2D eigenvalue weighted by Crippen LogP contribution is 2.31. The number of para-hydroxylation sites is 1. The van der Waals surface area contributed by atoms with E-state index < -0.39 is 0 Å². The van der Waals surface area contributed by atoms with Crippen LogP contribution in [0.15, 0.2) is 60.3 Å². The number of aromatic nitrogens is 3. The summed E-state index contributed by atoms with van der Waals surface area (Å²) in [4.78, 5) is 12.5. The summed E-state index contributed by atoms with van der Waals surface area (Å²) >= 11 is 1.36. The van der Waals surface area contributed by atoms with Crippen molar-refractivity contribution >= 4 is 23.4 Å². The normalized spacial score (nSPS) is 12.4. The Labute approximate surface area is 180 Å². The molecule has 0 spiro atoms. The van der Waals surface area contributed by atoms with Gasteiger partial charge in [-0.05, 0) is 54.7 Å². The van der Waals surface area contributed by atoms with Gasteiger partial charge in [-0.15, -0.1) is 16.8 Å². The molecule has 0 radical (unpaired) electrons. The second-order valence-electron chi connectivity index (χ2n) is 7.08. The zero-order valence-electron chi connectivity index (χ0n) is 16.9.